The number of hydrogen-bond acceptors (Lipinski definition) is 1. The summed E-state index contributed by atoms with van der Waals surface area (Å²) in [7, 11) is 0. The smallest absolute Gasteiger partial charge is 0.134 e. The molecule has 0 radical (unpaired) electrons. The molecule has 0 bridgehead atoms. The summed E-state index contributed by atoms with van der Waals surface area (Å²) in [5.41, 5.74) is 4.16. The number of fused-ring (bicyclic) bond motifs is 1. The highest BCUT2D eigenvalue weighted by atomic mass is 19.1. The van der Waals surface area contributed by atoms with Crippen LogP contribution in [0.2, 0.25) is 0 Å². The third-order valence-corrected chi connectivity index (χ3v) is 6.09. The standard InChI is InChI=1S/C30H30F2O/c1-2-3-20-33-28-17-9-22(10-18-28)4-5-24-11-19-29-26(21-24)14-13-25(30(29)32)12-6-23-7-15-27(31)16-8-23/h7-11,13-19,21H,2-6,12,20H2,1H3. The zero-order valence-electron chi connectivity index (χ0n) is 19.1. The summed E-state index contributed by atoms with van der Waals surface area (Å²) >= 11 is 0. The molecule has 0 aliphatic heterocycles. The SMILES string of the molecule is CCCCOc1ccc(CCc2ccc3c(F)c(CCc4ccc(F)cc4)ccc3c2)cc1. The molecule has 4 rings (SSSR count). The van der Waals surface area contributed by atoms with E-state index in [2.05, 4.69) is 25.1 Å². The number of benzene rings is 4. The van der Waals surface area contributed by atoms with Gasteiger partial charge in [0.15, 0.2) is 0 Å². The normalized spacial score (nSPS) is 11.1. The molecule has 0 aliphatic carbocycles. The van der Waals surface area contributed by atoms with Crippen LogP contribution in [0.3, 0.4) is 0 Å². The van der Waals surface area contributed by atoms with Crippen molar-refractivity contribution >= 4 is 10.8 Å². The molecule has 4 aromatic rings. The Morgan fingerprint density at radius 3 is 2.03 bits per heavy atom. The van der Waals surface area contributed by atoms with Gasteiger partial charge in [-0.1, -0.05) is 67.9 Å². The Balaban J connectivity index is 1.37. The monoisotopic (exact) mass is 444 g/mol. The van der Waals surface area contributed by atoms with Crippen LogP contribution >= 0.6 is 0 Å². The second-order valence-corrected chi connectivity index (χ2v) is 8.57. The predicted octanol–water partition coefficient (Wildman–Crippen LogP) is 7.87. The van der Waals surface area contributed by atoms with Gasteiger partial charge in [-0.3, -0.25) is 0 Å². The second-order valence-electron chi connectivity index (χ2n) is 8.57. The van der Waals surface area contributed by atoms with Crippen LogP contribution in [0.4, 0.5) is 8.78 Å². The summed E-state index contributed by atoms with van der Waals surface area (Å²) in [6.45, 7) is 2.92. The number of halogens is 2. The molecular formula is C30H30F2O. The maximum absolute atomic E-state index is 15.1. The first kappa shape index (κ1) is 23.0. The van der Waals surface area contributed by atoms with Gasteiger partial charge in [0.2, 0.25) is 0 Å². The van der Waals surface area contributed by atoms with Crippen molar-refractivity contribution in [1.82, 2.24) is 0 Å². The zero-order chi connectivity index (χ0) is 23.0. The van der Waals surface area contributed by atoms with Crippen molar-refractivity contribution in [3.8, 4) is 5.75 Å². The Hall–Kier alpha value is -3.20. The molecule has 0 amide bonds. The van der Waals surface area contributed by atoms with E-state index in [1.807, 2.05) is 36.4 Å². The first-order valence-corrected chi connectivity index (χ1v) is 11.8. The Morgan fingerprint density at radius 2 is 1.30 bits per heavy atom. The van der Waals surface area contributed by atoms with Crippen molar-refractivity contribution in [1.29, 1.82) is 0 Å². The average Bonchev–Trinajstić information content (AvgIpc) is 2.84. The van der Waals surface area contributed by atoms with Crippen molar-refractivity contribution in [2.45, 2.75) is 45.4 Å². The van der Waals surface area contributed by atoms with E-state index in [0.29, 0.717) is 23.8 Å². The molecule has 4 aromatic carbocycles. The highest BCUT2D eigenvalue weighted by Gasteiger charge is 2.09. The molecular weight excluding hydrogens is 414 g/mol. The summed E-state index contributed by atoms with van der Waals surface area (Å²) in [6.07, 6.45) is 5.31. The van der Waals surface area contributed by atoms with Gasteiger partial charge in [-0.25, -0.2) is 8.78 Å². The zero-order valence-corrected chi connectivity index (χ0v) is 19.1. The molecule has 0 aliphatic rings. The fraction of sp³-hybridized carbons (Fsp3) is 0.267. The van der Waals surface area contributed by atoms with E-state index < -0.39 is 0 Å². The van der Waals surface area contributed by atoms with Crippen LogP contribution in [0.15, 0.2) is 78.9 Å². The number of unbranched alkanes of at least 4 members (excludes halogenated alkanes) is 1. The summed E-state index contributed by atoms with van der Waals surface area (Å²) in [6, 6.07) is 24.6. The van der Waals surface area contributed by atoms with Crippen molar-refractivity contribution < 1.29 is 13.5 Å². The first-order chi connectivity index (χ1) is 16.1. The topological polar surface area (TPSA) is 9.23 Å². The minimum absolute atomic E-state index is 0.153. The number of rotatable bonds is 10. The van der Waals surface area contributed by atoms with Gasteiger partial charge >= 0.3 is 0 Å². The van der Waals surface area contributed by atoms with Gasteiger partial charge < -0.3 is 4.74 Å². The number of ether oxygens (including phenoxy) is 1. The first-order valence-electron chi connectivity index (χ1n) is 11.8. The Morgan fingerprint density at radius 1 is 0.667 bits per heavy atom. The minimum atomic E-state index is -0.250. The van der Waals surface area contributed by atoms with Crippen LogP contribution in [0.5, 0.6) is 5.75 Å². The third-order valence-electron chi connectivity index (χ3n) is 6.09. The number of hydrogen-bond donors (Lipinski definition) is 0. The maximum Gasteiger partial charge on any atom is 0.134 e. The quantitative estimate of drug-likeness (QED) is 0.226. The maximum atomic E-state index is 15.1. The lowest BCUT2D eigenvalue weighted by atomic mass is 9.97. The average molecular weight is 445 g/mol. The summed E-state index contributed by atoms with van der Waals surface area (Å²) < 4.78 is 33.9. The lowest BCUT2D eigenvalue weighted by molar-refractivity contribution is 0.309. The molecule has 3 heteroatoms. The van der Waals surface area contributed by atoms with E-state index in [9.17, 15) is 4.39 Å². The van der Waals surface area contributed by atoms with E-state index in [4.69, 9.17) is 4.74 Å². The molecule has 0 aromatic heterocycles. The van der Waals surface area contributed by atoms with Gasteiger partial charge in [-0.05, 0) is 84.0 Å². The van der Waals surface area contributed by atoms with Gasteiger partial charge in [0.1, 0.15) is 17.4 Å². The van der Waals surface area contributed by atoms with E-state index in [-0.39, 0.29) is 11.6 Å². The molecule has 1 nitrogen and oxygen atoms in total. The molecule has 0 fully saturated rings. The van der Waals surface area contributed by atoms with Crippen LogP contribution in [-0.2, 0) is 25.7 Å². The second kappa shape index (κ2) is 11.1. The molecule has 33 heavy (non-hydrogen) atoms. The fourth-order valence-corrected chi connectivity index (χ4v) is 4.04. The van der Waals surface area contributed by atoms with Gasteiger partial charge in [-0.15, -0.1) is 0 Å². The highest BCUT2D eigenvalue weighted by molar-refractivity contribution is 5.84. The Kier molecular flexibility index (Phi) is 7.72. The van der Waals surface area contributed by atoms with Crippen LogP contribution in [0, 0.1) is 11.6 Å². The fourth-order valence-electron chi connectivity index (χ4n) is 4.04. The molecule has 0 heterocycles. The highest BCUT2D eigenvalue weighted by Crippen LogP contribution is 2.24. The Labute approximate surface area is 195 Å². The Bertz CT molecular complexity index is 1180. The van der Waals surface area contributed by atoms with Gasteiger partial charge in [-0.2, -0.15) is 0 Å². The summed E-state index contributed by atoms with van der Waals surface area (Å²) in [5.74, 6) is 0.517. The molecule has 0 unspecified atom stereocenters. The lowest BCUT2D eigenvalue weighted by Gasteiger charge is -2.10. The molecule has 170 valence electrons. The van der Waals surface area contributed by atoms with Crippen LogP contribution < -0.4 is 4.74 Å². The summed E-state index contributed by atoms with van der Waals surface area (Å²) in [5, 5.41) is 1.58. The van der Waals surface area contributed by atoms with Crippen molar-refractivity contribution in [2.75, 3.05) is 6.61 Å². The van der Waals surface area contributed by atoms with Gasteiger partial charge in [0, 0.05) is 5.39 Å². The lowest BCUT2D eigenvalue weighted by Crippen LogP contribution is -1.98. The summed E-state index contributed by atoms with van der Waals surface area (Å²) in [4.78, 5) is 0. The van der Waals surface area contributed by atoms with Crippen molar-refractivity contribution in [2.24, 2.45) is 0 Å². The number of aryl methyl sites for hydroxylation is 4. The predicted molar refractivity (Wildman–Crippen MR) is 132 cm³/mol. The third kappa shape index (κ3) is 6.19. The van der Waals surface area contributed by atoms with Crippen LogP contribution in [-0.4, -0.2) is 6.61 Å². The molecule has 0 spiro atoms. The van der Waals surface area contributed by atoms with E-state index in [1.54, 1.807) is 12.1 Å². The van der Waals surface area contributed by atoms with Gasteiger partial charge in [0.25, 0.3) is 0 Å². The molecule has 0 saturated carbocycles. The van der Waals surface area contributed by atoms with Crippen LogP contribution in [0.25, 0.3) is 10.8 Å². The van der Waals surface area contributed by atoms with E-state index in [1.165, 1.54) is 23.3 Å². The van der Waals surface area contributed by atoms with Gasteiger partial charge in [0.05, 0.1) is 6.61 Å². The molecule has 0 N–H and O–H groups in total. The molecule has 0 atom stereocenters. The van der Waals surface area contributed by atoms with Crippen LogP contribution in [0.1, 0.15) is 42.0 Å². The van der Waals surface area contributed by atoms with Crippen molar-refractivity contribution in [3.05, 3.63) is 113 Å². The van der Waals surface area contributed by atoms with E-state index >= 15 is 4.39 Å². The molecule has 0 saturated heterocycles. The van der Waals surface area contributed by atoms with Crippen molar-refractivity contribution in [3.63, 3.8) is 0 Å². The minimum Gasteiger partial charge on any atom is -0.494 e. The van der Waals surface area contributed by atoms with E-state index in [0.717, 1.165) is 49.0 Å². The largest absolute Gasteiger partial charge is 0.494 e.